The first-order chi connectivity index (χ1) is 9.96. The maximum atomic E-state index is 12.4. The lowest BCUT2D eigenvalue weighted by Crippen LogP contribution is -2.14. The van der Waals surface area contributed by atoms with E-state index < -0.39 is 10.0 Å². The van der Waals surface area contributed by atoms with Gasteiger partial charge in [0.05, 0.1) is 7.11 Å². The van der Waals surface area contributed by atoms with Crippen LogP contribution < -0.4 is 15.2 Å². The Morgan fingerprint density at radius 2 is 1.81 bits per heavy atom. The molecular formula is C15H18N2O3S. The number of ether oxygens (including phenoxy) is 1. The highest BCUT2D eigenvalue weighted by atomic mass is 32.2. The lowest BCUT2D eigenvalue weighted by atomic mass is 10.2. The van der Waals surface area contributed by atoms with Crippen molar-refractivity contribution < 1.29 is 13.2 Å². The number of methoxy groups -OCH3 is 1. The first-order valence-electron chi connectivity index (χ1n) is 6.43. The van der Waals surface area contributed by atoms with E-state index in [0.29, 0.717) is 12.2 Å². The summed E-state index contributed by atoms with van der Waals surface area (Å²) in [6, 6.07) is 11.9. The Morgan fingerprint density at radius 3 is 2.38 bits per heavy atom. The second-order valence-corrected chi connectivity index (χ2v) is 6.31. The van der Waals surface area contributed by atoms with Crippen LogP contribution in [0.15, 0.2) is 47.4 Å². The maximum Gasteiger partial charge on any atom is 0.265 e. The number of hydrogen-bond donors (Lipinski definition) is 2. The van der Waals surface area contributed by atoms with Gasteiger partial charge >= 0.3 is 0 Å². The number of aryl methyl sites for hydroxylation is 1. The summed E-state index contributed by atoms with van der Waals surface area (Å²) in [5.41, 5.74) is 7.92. The van der Waals surface area contributed by atoms with Crippen LogP contribution in [-0.2, 0) is 16.6 Å². The summed E-state index contributed by atoms with van der Waals surface area (Å²) in [6.45, 7) is 2.26. The largest absolute Gasteiger partial charge is 0.495 e. The Kier molecular flexibility index (Phi) is 4.50. The highest BCUT2D eigenvalue weighted by Crippen LogP contribution is 2.27. The lowest BCUT2D eigenvalue weighted by molar-refractivity contribution is 0.402. The summed E-state index contributed by atoms with van der Waals surface area (Å²) in [4.78, 5) is 0.0859. The average molecular weight is 306 g/mol. The Balaban J connectivity index is 2.37. The summed E-state index contributed by atoms with van der Waals surface area (Å²) < 4.78 is 32.6. The molecule has 112 valence electrons. The molecule has 21 heavy (non-hydrogen) atoms. The zero-order valence-electron chi connectivity index (χ0n) is 12.0. The van der Waals surface area contributed by atoms with E-state index in [1.807, 2.05) is 19.1 Å². The second kappa shape index (κ2) is 6.15. The van der Waals surface area contributed by atoms with Gasteiger partial charge in [-0.05, 0) is 36.8 Å². The van der Waals surface area contributed by atoms with E-state index in [1.54, 1.807) is 24.3 Å². The third-order valence-electron chi connectivity index (χ3n) is 3.06. The van der Waals surface area contributed by atoms with Crippen LogP contribution in [0, 0.1) is 6.92 Å². The Hall–Kier alpha value is -2.05. The van der Waals surface area contributed by atoms with Gasteiger partial charge in [-0.1, -0.05) is 23.8 Å². The summed E-state index contributed by atoms with van der Waals surface area (Å²) in [5, 5.41) is 0. The quantitative estimate of drug-likeness (QED) is 0.888. The molecule has 3 N–H and O–H groups in total. The third-order valence-corrected chi connectivity index (χ3v) is 4.48. The summed E-state index contributed by atoms with van der Waals surface area (Å²) in [5.74, 6) is 0.276. The molecule has 2 rings (SSSR count). The molecular weight excluding hydrogens is 288 g/mol. The molecule has 0 fully saturated rings. The van der Waals surface area contributed by atoms with E-state index in [0.717, 1.165) is 11.1 Å². The predicted octanol–water partition coefficient (Wildman–Crippen LogP) is 2.26. The number of nitrogens with one attached hydrogen (secondary N) is 1. The molecule has 0 saturated heterocycles. The third kappa shape index (κ3) is 3.53. The molecule has 0 amide bonds. The second-order valence-electron chi connectivity index (χ2n) is 4.66. The number of benzene rings is 2. The van der Waals surface area contributed by atoms with Crippen LogP contribution in [0.3, 0.4) is 0 Å². The Morgan fingerprint density at radius 1 is 1.14 bits per heavy atom. The molecule has 0 aromatic heterocycles. The minimum atomic E-state index is -3.71. The molecule has 0 unspecified atom stereocenters. The fourth-order valence-electron chi connectivity index (χ4n) is 1.89. The first kappa shape index (κ1) is 15.3. The number of nitrogens with two attached hydrogens (primary N) is 1. The topological polar surface area (TPSA) is 81.4 Å². The van der Waals surface area contributed by atoms with Gasteiger partial charge in [-0.2, -0.15) is 0 Å². The summed E-state index contributed by atoms with van der Waals surface area (Å²) in [7, 11) is -2.28. The average Bonchev–Trinajstić information content (AvgIpc) is 2.48. The van der Waals surface area contributed by atoms with E-state index in [1.165, 1.54) is 13.2 Å². The van der Waals surface area contributed by atoms with Gasteiger partial charge in [0.25, 0.3) is 10.0 Å². The van der Waals surface area contributed by atoms with Crippen molar-refractivity contribution in [2.75, 3.05) is 11.8 Å². The molecule has 0 saturated carbocycles. The normalized spacial score (nSPS) is 11.2. The zero-order chi connectivity index (χ0) is 15.5. The lowest BCUT2D eigenvalue weighted by Gasteiger charge is -2.12. The van der Waals surface area contributed by atoms with Gasteiger partial charge in [-0.15, -0.1) is 0 Å². The van der Waals surface area contributed by atoms with Crippen molar-refractivity contribution in [3.05, 3.63) is 53.6 Å². The maximum absolute atomic E-state index is 12.4. The molecule has 2 aromatic carbocycles. The van der Waals surface area contributed by atoms with Gasteiger partial charge in [0.2, 0.25) is 0 Å². The molecule has 0 aliphatic heterocycles. The Bertz CT molecular complexity index is 725. The predicted molar refractivity (Wildman–Crippen MR) is 82.9 cm³/mol. The number of rotatable bonds is 5. The number of anilines is 1. The van der Waals surface area contributed by atoms with Crippen LogP contribution >= 0.6 is 0 Å². The van der Waals surface area contributed by atoms with Crippen molar-refractivity contribution in [2.24, 2.45) is 5.73 Å². The highest BCUT2D eigenvalue weighted by Gasteiger charge is 2.19. The summed E-state index contributed by atoms with van der Waals surface area (Å²) >= 11 is 0. The van der Waals surface area contributed by atoms with Crippen LogP contribution in [-0.4, -0.2) is 15.5 Å². The van der Waals surface area contributed by atoms with E-state index in [2.05, 4.69) is 4.72 Å². The monoisotopic (exact) mass is 306 g/mol. The van der Waals surface area contributed by atoms with Crippen LogP contribution in [0.4, 0.5) is 5.69 Å². The van der Waals surface area contributed by atoms with Gasteiger partial charge in [0.1, 0.15) is 10.6 Å². The standard InChI is InChI=1S/C15H18N2O3S/c1-11-3-6-13(7-4-11)17-21(18,19)15-8-5-12(10-16)9-14(15)20-2/h3-9,17H,10,16H2,1-2H3. The molecule has 0 bridgehead atoms. The minimum Gasteiger partial charge on any atom is -0.495 e. The van der Waals surface area contributed by atoms with Gasteiger partial charge in [0, 0.05) is 12.2 Å². The molecule has 0 heterocycles. The molecule has 0 aliphatic carbocycles. The molecule has 0 atom stereocenters. The van der Waals surface area contributed by atoms with Crippen LogP contribution in [0.1, 0.15) is 11.1 Å². The van der Waals surface area contributed by atoms with E-state index >= 15 is 0 Å². The van der Waals surface area contributed by atoms with Crippen molar-refractivity contribution in [1.29, 1.82) is 0 Å². The van der Waals surface area contributed by atoms with E-state index in [4.69, 9.17) is 10.5 Å². The number of hydrogen-bond acceptors (Lipinski definition) is 4. The fourth-order valence-corrected chi connectivity index (χ4v) is 3.10. The van der Waals surface area contributed by atoms with E-state index in [9.17, 15) is 8.42 Å². The van der Waals surface area contributed by atoms with Crippen molar-refractivity contribution in [2.45, 2.75) is 18.4 Å². The van der Waals surface area contributed by atoms with Gasteiger partial charge in [0.15, 0.2) is 0 Å². The zero-order valence-corrected chi connectivity index (χ0v) is 12.8. The highest BCUT2D eigenvalue weighted by molar-refractivity contribution is 7.92. The molecule has 0 aliphatic rings. The molecule has 0 radical (unpaired) electrons. The Labute approximate surface area is 124 Å². The van der Waals surface area contributed by atoms with E-state index in [-0.39, 0.29) is 10.6 Å². The van der Waals surface area contributed by atoms with Crippen LogP contribution in [0.2, 0.25) is 0 Å². The number of sulfonamides is 1. The van der Waals surface area contributed by atoms with Crippen molar-refractivity contribution >= 4 is 15.7 Å². The minimum absolute atomic E-state index is 0.0859. The molecule has 5 nitrogen and oxygen atoms in total. The first-order valence-corrected chi connectivity index (χ1v) is 7.91. The van der Waals surface area contributed by atoms with Crippen molar-refractivity contribution in [3.8, 4) is 5.75 Å². The molecule has 2 aromatic rings. The smallest absolute Gasteiger partial charge is 0.265 e. The molecule has 6 heteroatoms. The van der Waals surface area contributed by atoms with Crippen molar-refractivity contribution in [1.82, 2.24) is 0 Å². The van der Waals surface area contributed by atoms with Gasteiger partial charge < -0.3 is 10.5 Å². The molecule has 0 spiro atoms. The van der Waals surface area contributed by atoms with Crippen LogP contribution in [0.25, 0.3) is 0 Å². The van der Waals surface area contributed by atoms with Crippen LogP contribution in [0.5, 0.6) is 5.75 Å². The SMILES string of the molecule is COc1cc(CN)ccc1S(=O)(=O)Nc1ccc(C)cc1. The van der Waals surface area contributed by atoms with Gasteiger partial charge in [-0.25, -0.2) is 8.42 Å². The van der Waals surface area contributed by atoms with Crippen molar-refractivity contribution in [3.63, 3.8) is 0 Å². The summed E-state index contributed by atoms with van der Waals surface area (Å²) in [6.07, 6.45) is 0. The fraction of sp³-hybridized carbons (Fsp3) is 0.200. The van der Waals surface area contributed by atoms with Gasteiger partial charge in [-0.3, -0.25) is 4.72 Å².